The Kier molecular flexibility index (Phi) is 4.37. The second kappa shape index (κ2) is 5.56. The predicted octanol–water partition coefficient (Wildman–Crippen LogP) is 3.37. The van der Waals surface area contributed by atoms with E-state index in [1.165, 1.54) is 24.3 Å². The van der Waals surface area contributed by atoms with E-state index in [4.69, 9.17) is 5.73 Å². The van der Waals surface area contributed by atoms with Crippen LogP contribution < -0.4 is 10.5 Å². The molecule has 0 amide bonds. The SMILES string of the molecule is CCCC(N)=Nc1ccc(OC(F)(F)F)cc1. The number of nitrogens with two attached hydrogens (primary N) is 1. The highest BCUT2D eigenvalue weighted by atomic mass is 19.4. The van der Waals surface area contributed by atoms with Crippen LogP contribution in [0.3, 0.4) is 0 Å². The largest absolute Gasteiger partial charge is 0.573 e. The molecular formula is C11H13F3N2O. The van der Waals surface area contributed by atoms with Crippen molar-refractivity contribution in [3.63, 3.8) is 0 Å². The summed E-state index contributed by atoms with van der Waals surface area (Å²) in [7, 11) is 0. The molecule has 17 heavy (non-hydrogen) atoms. The molecule has 1 aromatic rings. The molecule has 0 atom stereocenters. The van der Waals surface area contributed by atoms with E-state index in [-0.39, 0.29) is 5.75 Å². The molecular weight excluding hydrogens is 233 g/mol. The van der Waals surface area contributed by atoms with Gasteiger partial charge in [-0.1, -0.05) is 6.92 Å². The zero-order chi connectivity index (χ0) is 12.9. The first-order valence-corrected chi connectivity index (χ1v) is 5.09. The Bertz CT molecular complexity index is 385. The highest BCUT2D eigenvalue weighted by Crippen LogP contribution is 2.24. The molecule has 0 fully saturated rings. The van der Waals surface area contributed by atoms with Gasteiger partial charge in [0.1, 0.15) is 5.75 Å². The smallest absolute Gasteiger partial charge is 0.406 e. The summed E-state index contributed by atoms with van der Waals surface area (Å²) in [4.78, 5) is 4.04. The van der Waals surface area contributed by atoms with Crippen molar-refractivity contribution >= 4 is 11.5 Å². The van der Waals surface area contributed by atoms with Gasteiger partial charge in [-0.25, -0.2) is 4.99 Å². The molecule has 0 unspecified atom stereocenters. The summed E-state index contributed by atoms with van der Waals surface area (Å²) in [5.41, 5.74) is 6.10. The van der Waals surface area contributed by atoms with Gasteiger partial charge in [-0.05, 0) is 30.7 Å². The molecule has 0 bridgehead atoms. The van der Waals surface area contributed by atoms with Crippen LogP contribution >= 0.6 is 0 Å². The number of rotatable bonds is 4. The molecule has 0 radical (unpaired) electrons. The van der Waals surface area contributed by atoms with E-state index >= 15 is 0 Å². The van der Waals surface area contributed by atoms with Crippen LogP contribution in [0.1, 0.15) is 19.8 Å². The average molecular weight is 246 g/mol. The Morgan fingerprint density at radius 2 is 1.88 bits per heavy atom. The summed E-state index contributed by atoms with van der Waals surface area (Å²) in [6.07, 6.45) is -3.16. The molecule has 2 N–H and O–H groups in total. The molecule has 0 aliphatic carbocycles. The van der Waals surface area contributed by atoms with Crippen molar-refractivity contribution < 1.29 is 17.9 Å². The fourth-order valence-corrected chi connectivity index (χ4v) is 1.20. The van der Waals surface area contributed by atoms with Crippen LogP contribution in [0.2, 0.25) is 0 Å². The van der Waals surface area contributed by atoms with Crippen LogP contribution in [-0.2, 0) is 0 Å². The number of hydrogen-bond donors (Lipinski definition) is 1. The quantitative estimate of drug-likeness (QED) is 0.654. The van der Waals surface area contributed by atoms with E-state index in [2.05, 4.69) is 9.73 Å². The number of nitrogens with zero attached hydrogens (tertiary/aromatic N) is 1. The molecule has 0 spiro atoms. The van der Waals surface area contributed by atoms with Gasteiger partial charge in [0, 0.05) is 6.42 Å². The van der Waals surface area contributed by atoms with Crippen molar-refractivity contribution in [1.29, 1.82) is 0 Å². The number of amidine groups is 1. The molecule has 6 heteroatoms. The molecule has 0 aliphatic rings. The van der Waals surface area contributed by atoms with Crippen molar-refractivity contribution in [2.24, 2.45) is 10.7 Å². The molecule has 0 saturated heterocycles. The number of benzene rings is 1. The minimum Gasteiger partial charge on any atom is -0.406 e. The van der Waals surface area contributed by atoms with Crippen LogP contribution in [0, 0.1) is 0 Å². The van der Waals surface area contributed by atoms with Crippen LogP contribution in [0.5, 0.6) is 5.75 Å². The minimum absolute atomic E-state index is 0.273. The molecule has 1 aromatic carbocycles. The first kappa shape index (κ1) is 13.3. The maximum absolute atomic E-state index is 11.9. The normalized spacial score (nSPS) is 12.6. The highest BCUT2D eigenvalue weighted by molar-refractivity contribution is 5.83. The van der Waals surface area contributed by atoms with Gasteiger partial charge in [-0.2, -0.15) is 0 Å². The molecule has 0 aromatic heterocycles. The lowest BCUT2D eigenvalue weighted by Crippen LogP contribution is -2.16. The van der Waals surface area contributed by atoms with Crippen LogP contribution in [0.4, 0.5) is 18.9 Å². The Morgan fingerprint density at radius 3 is 2.35 bits per heavy atom. The third-order valence-electron chi connectivity index (χ3n) is 1.85. The Hall–Kier alpha value is -1.72. The van der Waals surface area contributed by atoms with Crippen molar-refractivity contribution in [3.05, 3.63) is 24.3 Å². The zero-order valence-corrected chi connectivity index (χ0v) is 9.29. The molecule has 0 heterocycles. The van der Waals surface area contributed by atoms with Gasteiger partial charge < -0.3 is 10.5 Å². The lowest BCUT2D eigenvalue weighted by molar-refractivity contribution is -0.274. The third-order valence-corrected chi connectivity index (χ3v) is 1.85. The molecule has 0 aliphatic heterocycles. The maximum Gasteiger partial charge on any atom is 0.573 e. The van der Waals surface area contributed by atoms with Crippen molar-refractivity contribution in [1.82, 2.24) is 0 Å². The summed E-state index contributed by atoms with van der Waals surface area (Å²) >= 11 is 0. The van der Waals surface area contributed by atoms with Crippen molar-refractivity contribution in [3.8, 4) is 5.75 Å². The lowest BCUT2D eigenvalue weighted by atomic mass is 10.3. The van der Waals surface area contributed by atoms with E-state index in [0.29, 0.717) is 17.9 Å². The minimum atomic E-state index is -4.67. The topological polar surface area (TPSA) is 47.6 Å². The second-order valence-electron chi connectivity index (χ2n) is 3.39. The average Bonchev–Trinajstić information content (AvgIpc) is 2.19. The number of hydrogen-bond acceptors (Lipinski definition) is 2. The Morgan fingerprint density at radius 1 is 1.29 bits per heavy atom. The van der Waals surface area contributed by atoms with Gasteiger partial charge in [0.05, 0.1) is 11.5 Å². The van der Waals surface area contributed by atoms with Gasteiger partial charge in [-0.3, -0.25) is 0 Å². The van der Waals surface area contributed by atoms with E-state index < -0.39 is 6.36 Å². The molecule has 3 nitrogen and oxygen atoms in total. The van der Waals surface area contributed by atoms with Crippen molar-refractivity contribution in [2.45, 2.75) is 26.1 Å². The molecule has 94 valence electrons. The molecule has 1 rings (SSSR count). The van der Waals surface area contributed by atoms with Crippen molar-refractivity contribution in [2.75, 3.05) is 0 Å². The highest BCUT2D eigenvalue weighted by Gasteiger charge is 2.30. The summed E-state index contributed by atoms with van der Waals surface area (Å²) in [5.74, 6) is 0.183. The Labute approximate surface area is 97.1 Å². The van der Waals surface area contributed by atoms with Crippen LogP contribution in [0.15, 0.2) is 29.3 Å². The molecule has 0 saturated carbocycles. The van der Waals surface area contributed by atoms with Gasteiger partial charge in [0.15, 0.2) is 0 Å². The van der Waals surface area contributed by atoms with Crippen LogP contribution in [0.25, 0.3) is 0 Å². The van der Waals surface area contributed by atoms with E-state index in [1.54, 1.807) is 0 Å². The van der Waals surface area contributed by atoms with E-state index in [9.17, 15) is 13.2 Å². The van der Waals surface area contributed by atoms with E-state index in [1.807, 2.05) is 6.92 Å². The van der Waals surface area contributed by atoms with Crippen LogP contribution in [-0.4, -0.2) is 12.2 Å². The summed E-state index contributed by atoms with van der Waals surface area (Å²) in [5, 5.41) is 0. The number of halogens is 3. The predicted molar refractivity (Wildman–Crippen MR) is 59.3 cm³/mol. The number of ether oxygens (including phenoxy) is 1. The fourth-order valence-electron chi connectivity index (χ4n) is 1.20. The lowest BCUT2D eigenvalue weighted by Gasteiger charge is -2.08. The summed E-state index contributed by atoms with van der Waals surface area (Å²) < 4.78 is 39.4. The second-order valence-corrected chi connectivity index (χ2v) is 3.39. The van der Waals surface area contributed by atoms with Gasteiger partial charge in [-0.15, -0.1) is 13.2 Å². The first-order valence-electron chi connectivity index (χ1n) is 5.09. The zero-order valence-electron chi connectivity index (χ0n) is 9.29. The number of alkyl halides is 3. The third kappa shape index (κ3) is 5.24. The summed E-state index contributed by atoms with van der Waals surface area (Å²) in [6.45, 7) is 1.96. The Balaban J connectivity index is 2.71. The monoisotopic (exact) mass is 246 g/mol. The standard InChI is InChI=1S/C11H13F3N2O/c1-2-3-10(15)16-8-4-6-9(7-5-8)17-11(12,13)14/h4-7H,2-3H2,1H3,(H2,15,16). The van der Waals surface area contributed by atoms with E-state index in [0.717, 1.165) is 6.42 Å². The first-order chi connectivity index (χ1) is 7.90. The maximum atomic E-state index is 11.9. The van der Waals surface area contributed by atoms with Gasteiger partial charge in [0.2, 0.25) is 0 Å². The van der Waals surface area contributed by atoms with Gasteiger partial charge in [0.25, 0.3) is 0 Å². The fraction of sp³-hybridized carbons (Fsp3) is 0.364. The van der Waals surface area contributed by atoms with Gasteiger partial charge >= 0.3 is 6.36 Å². The number of aliphatic imine (C=N–C) groups is 1. The summed E-state index contributed by atoms with van der Waals surface area (Å²) in [6, 6.07) is 5.24.